The first kappa shape index (κ1) is 20.5. The summed E-state index contributed by atoms with van der Waals surface area (Å²) >= 11 is 0. The van der Waals surface area contributed by atoms with Crippen LogP contribution in [0.4, 0.5) is 0 Å². The summed E-state index contributed by atoms with van der Waals surface area (Å²) in [5, 5.41) is 6.88. The summed E-state index contributed by atoms with van der Waals surface area (Å²) in [6.07, 6.45) is 4.29. The van der Waals surface area contributed by atoms with Crippen LogP contribution in [0.5, 0.6) is 0 Å². The lowest BCUT2D eigenvalue weighted by Crippen LogP contribution is -2.51. The van der Waals surface area contributed by atoms with Crippen molar-refractivity contribution in [2.75, 3.05) is 59.5 Å². The minimum Gasteiger partial charge on any atom is -0.374 e. The molecular weight excluding hydrogens is 314 g/mol. The lowest BCUT2D eigenvalue weighted by Gasteiger charge is -2.34. The highest BCUT2D eigenvalue weighted by molar-refractivity contribution is 5.79. The van der Waals surface area contributed by atoms with Crippen LogP contribution < -0.4 is 10.6 Å². The van der Waals surface area contributed by atoms with E-state index in [1.54, 1.807) is 0 Å². The number of hydrogen-bond donors (Lipinski definition) is 2. The predicted octanol–water partition coefficient (Wildman–Crippen LogP) is 1.38. The average Bonchev–Trinajstić information content (AvgIpc) is 2.59. The zero-order valence-electron chi connectivity index (χ0n) is 16.8. The summed E-state index contributed by atoms with van der Waals surface area (Å²) in [7, 11) is 1.84. The molecule has 2 aliphatic heterocycles. The van der Waals surface area contributed by atoms with E-state index in [4.69, 9.17) is 4.74 Å². The van der Waals surface area contributed by atoms with Crippen LogP contribution in [-0.4, -0.2) is 87.4 Å². The Bertz CT molecular complexity index is 401. The second-order valence-electron chi connectivity index (χ2n) is 7.91. The molecule has 2 aliphatic rings. The van der Waals surface area contributed by atoms with Crippen LogP contribution in [0.2, 0.25) is 0 Å². The van der Waals surface area contributed by atoms with Crippen molar-refractivity contribution in [1.29, 1.82) is 0 Å². The zero-order chi connectivity index (χ0) is 18.1. The number of likely N-dealkylation sites (tertiary alicyclic amines) is 1. The monoisotopic (exact) mass is 353 g/mol. The lowest BCUT2D eigenvalue weighted by atomic mass is 10.0. The molecule has 2 fully saturated rings. The molecule has 0 aromatic rings. The predicted molar refractivity (Wildman–Crippen MR) is 105 cm³/mol. The quantitative estimate of drug-likeness (QED) is 0.535. The van der Waals surface area contributed by atoms with Crippen molar-refractivity contribution in [3.63, 3.8) is 0 Å². The van der Waals surface area contributed by atoms with E-state index in [1.165, 1.54) is 25.8 Å². The number of nitrogens with one attached hydrogen (secondary N) is 2. The van der Waals surface area contributed by atoms with Gasteiger partial charge in [0.25, 0.3) is 0 Å². The van der Waals surface area contributed by atoms with E-state index in [9.17, 15) is 0 Å². The topological polar surface area (TPSA) is 52.1 Å². The molecule has 2 unspecified atom stereocenters. The van der Waals surface area contributed by atoms with Gasteiger partial charge in [-0.2, -0.15) is 0 Å². The second kappa shape index (κ2) is 11.0. The molecule has 2 N–H and O–H groups in total. The van der Waals surface area contributed by atoms with Crippen LogP contribution in [0.1, 0.15) is 40.0 Å². The van der Waals surface area contributed by atoms with Crippen LogP contribution in [0, 0.1) is 5.92 Å². The first-order chi connectivity index (χ1) is 12.1. The molecule has 0 saturated carbocycles. The maximum absolute atomic E-state index is 5.90. The van der Waals surface area contributed by atoms with Gasteiger partial charge in [0.1, 0.15) is 0 Å². The highest BCUT2D eigenvalue weighted by atomic mass is 16.5. The van der Waals surface area contributed by atoms with E-state index >= 15 is 0 Å². The maximum atomic E-state index is 5.90. The third-order valence-corrected chi connectivity index (χ3v) is 5.20. The number of guanidine groups is 1. The third-order valence-electron chi connectivity index (χ3n) is 5.20. The van der Waals surface area contributed by atoms with Gasteiger partial charge in [0.05, 0.1) is 12.7 Å². The van der Waals surface area contributed by atoms with E-state index in [1.807, 2.05) is 7.05 Å². The largest absolute Gasteiger partial charge is 0.374 e. The Morgan fingerprint density at radius 3 is 2.80 bits per heavy atom. The van der Waals surface area contributed by atoms with Crippen molar-refractivity contribution in [1.82, 2.24) is 20.4 Å². The Morgan fingerprint density at radius 2 is 2.08 bits per heavy atom. The first-order valence-corrected chi connectivity index (χ1v) is 10.1. The summed E-state index contributed by atoms with van der Waals surface area (Å²) in [5.74, 6) is 1.59. The molecule has 0 amide bonds. The third kappa shape index (κ3) is 7.50. The van der Waals surface area contributed by atoms with Gasteiger partial charge in [0.2, 0.25) is 0 Å². The van der Waals surface area contributed by atoms with Gasteiger partial charge < -0.3 is 15.4 Å². The van der Waals surface area contributed by atoms with Gasteiger partial charge in [-0.1, -0.05) is 20.3 Å². The molecular formula is C19H39N5O. The van der Waals surface area contributed by atoms with Crippen LogP contribution in [0.3, 0.4) is 0 Å². The minimum absolute atomic E-state index is 0.244. The molecule has 0 spiro atoms. The molecule has 0 aromatic carbocycles. The smallest absolute Gasteiger partial charge is 0.191 e. The molecule has 6 nitrogen and oxygen atoms in total. The minimum atomic E-state index is 0.244. The molecule has 2 rings (SSSR count). The van der Waals surface area contributed by atoms with E-state index < -0.39 is 0 Å². The fourth-order valence-corrected chi connectivity index (χ4v) is 3.82. The van der Waals surface area contributed by atoms with Gasteiger partial charge in [-0.3, -0.25) is 14.8 Å². The van der Waals surface area contributed by atoms with E-state index in [0.29, 0.717) is 12.0 Å². The van der Waals surface area contributed by atoms with Gasteiger partial charge in [0.15, 0.2) is 5.96 Å². The van der Waals surface area contributed by atoms with Gasteiger partial charge in [-0.15, -0.1) is 0 Å². The van der Waals surface area contributed by atoms with Crippen molar-refractivity contribution in [2.45, 2.75) is 52.2 Å². The van der Waals surface area contributed by atoms with Crippen molar-refractivity contribution >= 4 is 5.96 Å². The van der Waals surface area contributed by atoms with Crippen LogP contribution in [-0.2, 0) is 4.74 Å². The first-order valence-electron chi connectivity index (χ1n) is 10.1. The summed E-state index contributed by atoms with van der Waals surface area (Å²) in [6, 6.07) is 0.716. The summed E-state index contributed by atoms with van der Waals surface area (Å²) in [4.78, 5) is 9.44. The van der Waals surface area contributed by atoms with E-state index in [2.05, 4.69) is 46.2 Å². The zero-order valence-corrected chi connectivity index (χ0v) is 16.8. The molecule has 6 heteroatoms. The number of hydrogen-bond acceptors (Lipinski definition) is 4. The Morgan fingerprint density at radius 1 is 1.24 bits per heavy atom. The molecule has 2 heterocycles. The fraction of sp³-hybridized carbons (Fsp3) is 0.947. The molecule has 25 heavy (non-hydrogen) atoms. The van der Waals surface area contributed by atoms with Crippen molar-refractivity contribution in [3.8, 4) is 0 Å². The Balaban J connectivity index is 1.64. The average molecular weight is 354 g/mol. The molecule has 0 aromatic heterocycles. The molecule has 0 aliphatic carbocycles. The number of nitrogens with zero attached hydrogens (tertiary/aromatic N) is 3. The number of morpholine rings is 1. The van der Waals surface area contributed by atoms with Crippen molar-refractivity contribution in [3.05, 3.63) is 0 Å². The second-order valence-corrected chi connectivity index (χ2v) is 7.91. The number of rotatable bonds is 7. The summed E-state index contributed by atoms with van der Waals surface area (Å²) < 4.78 is 5.90. The number of aliphatic imine (C=N–C) groups is 1. The lowest BCUT2D eigenvalue weighted by molar-refractivity contribution is -0.0284. The SMILES string of the molecule is CN=C(NCCN1CCCCC1C)NCC1CN(CC(C)C)CCO1. The standard InChI is InChI=1S/C19H39N5O/c1-16(2)14-23-11-12-25-18(15-23)13-22-19(20-4)21-8-10-24-9-6-5-7-17(24)3/h16-18H,5-15H2,1-4H3,(H2,20,21,22). The highest BCUT2D eigenvalue weighted by Crippen LogP contribution is 2.15. The molecule has 2 atom stereocenters. The summed E-state index contributed by atoms with van der Waals surface area (Å²) in [6.45, 7) is 15.0. The highest BCUT2D eigenvalue weighted by Gasteiger charge is 2.21. The Hall–Kier alpha value is -0.850. The van der Waals surface area contributed by atoms with Gasteiger partial charge in [0, 0.05) is 52.4 Å². The van der Waals surface area contributed by atoms with E-state index in [-0.39, 0.29) is 6.10 Å². The van der Waals surface area contributed by atoms with Gasteiger partial charge in [-0.05, 0) is 32.2 Å². The van der Waals surface area contributed by atoms with Crippen LogP contribution in [0.25, 0.3) is 0 Å². The van der Waals surface area contributed by atoms with Gasteiger partial charge >= 0.3 is 0 Å². The Labute approximate surface area is 154 Å². The fourth-order valence-electron chi connectivity index (χ4n) is 3.82. The van der Waals surface area contributed by atoms with Crippen molar-refractivity contribution in [2.24, 2.45) is 10.9 Å². The maximum Gasteiger partial charge on any atom is 0.191 e. The van der Waals surface area contributed by atoms with Gasteiger partial charge in [-0.25, -0.2) is 0 Å². The Kier molecular flexibility index (Phi) is 8.99. The van der Waals surface area contributed by atoms with E-state index in [0.717, 1.165) is 51.8 Å². The number of ether oxygens (including phenoxy) is 1. The molecule has 0 bridgehead atoms. The molecule has 146 valence electrons. The normalized spacial score (nSPS) is 26.8. The molecule has 2 saturated heterocycles. The van der Waals surface area contributed by atoms with Crippen LogP contribution >= 0.6 is 0 Å². The van der Waals surface area contributed by atoms with Crippen LogP contribution in [0.15, 0.2) is 4.99 Å². The summed E-state index contributed by atoms with van der Waals surface area (Å²) in [5.41, 5.74) is 0. The number of piperidine rings is 1. The van der Waals surface area contributed by atoms with Crippen molar-refractivity contribution < 1.29 is 4.74 Å². The molecule has 0 radical (unpaired) electrons.